The number of benzene rings is 1. The van der Waals surface area contributed by atoms with Crippen molar-refractivity contribution in [2.45, 2.75) is 12.5 Å². The molecule has 2 heterocycles. The molecule has 3 N–H and O–H groups in total. The van der Waals surface area contributed by atoms with Crippen molar-refractivity contribution in [3.8, 4) is 11.5 Å². The Kier molecular flexibility index (Phi) is 5.68. The minimum absolute atomic E-state index is 0.0209. The molecule has 0 amide bonds. The highest BCUT2D eigenvalue weighted by molar-refractivity contribution is 5.92. The Morgan fingerprint density at radius 2 is 1.47 bits per heavy atom. The van der Waals surface area contributed by atoms with Gasteiger partial charge in [0, 0.05) is 12.1 Å². The predicted octanol–water partition coefficient (Wildman–Crippen LogP) is 1.84. The van der Waals surface area contributed by atoms with E-state index in [0.717, 1.165) is 24.7 Å². The van der Waals surface area contributed by atoms with Crippen molar-refractivity contribution in [2.24, 2.45) is 0 Å². The lowest BCUT2D eigenvalue weighted by atomic mass is 10.1. The first-order chi connectivity index (χ1) is 14.2. The Hall–Kier alpha value is -4.34. The average molecular weight is 414 g/mol. The fourth-order valence-corrected chi connectivity index (χ4v) is 2.47. The lowest BCUT2D eigenvalue weighted by Gasteiger charge is -2.16. The quantitative estimate of drug-likeness (QED) is 0.507. The van der Waals surface area contributed by atoms with Gasteiger partial charge in [-0.15, -0.1) is 0 Å². The molecule has 1 aromatic carbocycles. The number of carbonyl (C=O) groups excluding carboxylic acids is 1. The summed E-state index contributed by atoms with van der Waals surface area (Å²) in [5, 5.41) is 27.6. The van der Waals surface area contributed by atoms with E-state index in [1.54, 1.807) is 0 Å². The molecule has 0 bridgehead atoms. The number of carboxylic acids is 1. The molecule has 10 nitrogen and oxygen atoms in total. The monoisotopic (exact) mass is 414 g/mol. The van der Waals surface area contributed by atoms with Crippen LogP contribution in [0, 0.1) is 0 Å². The van der Waals surface area contributed by atoms with Gasteiger partial charge in [-0.25, -0.2) is 9.59 Å². The predicted molar refractivity (Wildman–Crippen MR) is 98.5 cm³/mol. The maximum Gasteiger partial charge on any atom is 0.338 e. The van der Waals surface area contributed by atoms with Crippen LogP contribution in [0.5, 0.6) is 11.5 Å². The summed E-state index contributed by atoms with van der Waals surface area (Å²) in [6.07, 6.45) is 0.112. The smallest absolute Gasteiger partial charge is 0.338 e. The average Bonchev–Trinajstić information content (AvgIpc) is 2.72. The molecule has 0 spiro atoms. The van der Waals surface area contributed by atoms with Crippen molar-refractivity contribution >= 4 is 11.9 Å². The first kappa shape index (κ1) is 20.4. The first-order valence-electron chi connectivity index (χ1n) is 8.41. The summed E-state index contributed by atoms with van der Waals surface area (Å²) in [6, 6.07) is 6.82. The second-order valence-electron chi connectivity index (χ2n) is 6.11. The number of carboxylic acid groups (broad SMARTS) is 1. The van der Waals surface area contributed by atoms with Crippen molar-refractivity contribution in [1.82, 2.24) is 0 Å². The summed E-state index contributed by atoms with van der Waals surface area (Å²) < 4.78 is 15.6. The highest BCUT2D eigenvalue weighted by Gasteiger charge is 2.24. The Labute approximate surface area is 167 Å². The van der Waals surface area contributed by atoms with Crippen molar-refractivity contribution in [3.63, 3.8) is 0 Å². The minimum Gasteiger partial charge on any atom is -0.502 e. The Balaban J connectivity index is 1.91. The molecular weight excluding hydrogens is 400 g/mol. The molecule has 10 heteroatoms. The SMILES string of the molecule is O=C(O)c1ccc(C(=O)OC(Cc2cc(=O)c(O)co2)c2cc(=O)c(O)co2)cc1. The van der Waals surface area contributed by atoms with Crippen molar-refractivity contribution in [2.75, 3.05) is 0 Å². The van der Waals surface area contributed by atoms with Gasteiger partial charge in [0.25, 0.3) is 0 Å². The molecule has 0 aliphatic carbocycles. The lowest BCUT2D eigenvalue weighted by Crippen LogP contribution is -2.16. The zero-order valence-electron chi connectivity index (χ0n) is 15.1. The first-order valence-corrected chi connectivity index (χ1v) is 8.41. The topological polar surface area (TPSA) is 164 Å². The van der Waals surface area contributed by atoms with Gasteiger partial charge < -0.3 is 28.9 Å². The van der Waals surface area contributed by atoms with Gasteiger partial charge in [-0.1, -0.05) is 0 Å². The van der Waals surface area contributed by atoms with E-state index in [4.69, 9.17) is 18.7 Å². The number of aromatic carboxylic acids is 1. The molecule has 0 radical (unpaired) electrons. The third-order valence-corrected chi connectivity index (χ3v) is 4.02. The van der Waals surface area contributed by atoms with Gasteiger partial charge in [0.2, 0.25) is 10.9 Å². The molecule has 154 valence electrons. The second kappa shape index (κ2) is 8.35. The summed E-state index contributed by atoms with van der Waals surface area (Å²) in [6.45, 7) is 0. The number of ether oxygens (including phenoxy) is 1. The fourth-order valence-electron chi connectivity index (χ4n) is 2.47. The summed E-state index contributed by atoms with van der Waals surface area (Å²) >= 11 is 0. The minimum atomic E-state index is -1.24. The maximum absolute atomic E-state index is 12.5. The molecule has 0 saturated carbocycles. The summed E-state index contributed by atoms with van der Waals surface area (Å²) in [7, 11) is 0. The van der Waals surface area contributed by atoms with Crippen molar-refractivity contribution < 1.29 is 38.5 Å². The number of rotatable bonds is 6. The third kappa shape index (κ3) is 4.55. The molecule has 0 saturated heterocycles. The Morgan fingerprint density at radius 1 is 0.900 bits per heavy atom. The molecule has 3 rings (SSSR count). The van der Waals surface area contributed by atoms with E-state index < -0.39 is 40.4 Å². The highest BCUT2D eigenvalue weighted by Crippen LogP contribution is 2.24. The Bertz CT molecular complexity index is 1200. The van der Waals surface area contributed by atoms with Crippen molar-refractivity contribution in [1.29, 1.82) is 0 Å². The molecule has 30 heavy (non-hydrogen) atoms. The van der Waals surface area contributed by atoms with Gasteiger partial charge in [0.1, 0.15) is 24.0 Å². The summed E-state index contributed by atoms with van der Waals surface area (Å²) in [4.78, 5) is 46.8. The van der Waals surface area contributed by atoms with E-state index in [9.17, 15) is 29.4 Å². The van der Waals surface area contributed by atoms with E-state index in [1.807, 2.05) is 0 Å². The fraction of sp³-hybridized carbons (Fsp3) is 0.100. The molecule has 3 aromatic rings. The normalized spacial score (nSPS) is 11.6. The van der Waals surface area contributed by atoms with Crippen LogP contribution in [0.2, 0.25) is 0 Å². The molecular formula is C20H14O10. The van der Waals surface area contributed by atoms with E-state index in [2.05, 4.69) is 0 Å². The third-order valence-electron chi connectivity index (χ3n) is 4.02. The van der Waals surface area contributed by atoms with Gasteiger partial charge in [-0.3, -0.25) is 9.59 Å². The van der Waals surface area contributed by atoms with Crippen LogP contribution in [0.1, 0.15) is 38.3 Å². The maximum atomic E-state index is 12.5. The second-order valence-corrected chi connectivity index (χ2v) is 6.11. The van der Waals surface area contributed by atoms with Crippen LogP contribution >= 0.6 is 0 Å². The van der Waals surface area contributed by atoms with Crippen LogP contribution in [0.15, 0.2) is 67.3 Å². The summed E-state index contributed by atoms with van der Waals surface area (Å²) in [5.41, 5.74) is -1.51. The van der Waals surface area contributed by atoms with E-state index in [0.29, 0.717) is 0 Å². The number of hydrogen-bond donors (Lipinski definition) is 3. The zero-order chi connectivity index (χ0) is 21.8. The number of esters is 1. The van der Waals surface area contributed by atoms with Gasteiger partial charge >= 0.3 is 11.9 Å². The van der Waals surface area contributed by atoms with Gasteiger partial charge in [0.05, 0.1) is 17.5 Å². The zero-order valence-corrected chi connectivity index (χ0v) is 15.1. The van der Waals surface area contributed by atoms with Crippen LogP contribution < -0.4 is 10.9 Å². The Morgan fingerprint density at radius 3 is 2.03 bits per heavy atom. The molecule has 1 atom stereocenters. The largest absolute Gasteiger partial charge is 0.502 e. The molecule has 2 aromatic heterocycles. The van der Waals surface area contributed by atoms with E-state index in [1.165, 1.54) is 24.3 Å². The molecule has 0 aliphatic heterocycles. The van der Waals surface area contributed by atoms with Crippen molar-refractivity contribution in [3.05, 3.63) is 92.0 Å². The van der Waals surface area contributed by atoms with Gasteiger partial charge in [-0.05, 0) is 24.3 Å². The van der Waals surface area contributed by atoms with Gasteiger partial charge in [-0.2, -0.15) is 0 Å². The van der Waals surface area contributed by atoms with E-state index in [-0.39, 0.29) is 29.1 Å². The number of carbonyl (C=O) groups is 2. The van der Waals surface area contributed by atoms with Crippen LogP contribution in [-0.2, 0) is 11.2 Å². The summed E-state index contributed by atoms with van der Waals surface area (Å²) in [5.74, 6) is -3.40. The van der Waals surface area contributed by atoms with Crippen LogP contribution in [0.4, 0.5) is 0 Å². The standard InChI is InChI=1S/C20H14O10/c21-13-5-12(28-8-15(13)23)6-18(17-7-14(22)16(24)9-29-17)30-20(27)11-3-1-10(2-4-11)19(25)26/h1-5,7-9,18,23-24H,6H2,(H,25,26). The lowest BCUT2D eigenvalue weighted by molar-refractivity contribution is 0.0226. The number of hydrogen-bond acceptors (Lipinski definition) is 9. The van der Waals surface area contributed by atoms with Gasteiger partial charge in [0.15, 0.2) is 17.6 Å². The molecule has 0 fully saturated rings. The molecule has 1 unspecified atom stereocenters. The van der Waals surface area contributed by atoms with Crippen LogP contribution in [-0.4, -0.2) is 27.3 Å². The number of aromatic hydroxyl groups is 2. The van der Waals surface area contributed by atoms with Crippen LogP contribution in [0.3, 0.4) is 0 Å². The van der Waals surface area contributed by atoms with Crippen LogP contribution in [0.25, 0.3) is 0 Å². The van der Waals surface area contributed by atoms with E-state index >= 15 is 0 Å². The molecule has 0 aliphatic rings. The highest BCUT2D eigenvalue weighted by atomic mass is 16.6.